The normalized spacial score (nSPS) is 17.8. The van der Waals surface area contributed by atoms with Crippen molar-refractivity contribution in [3.05, 3.63) is 28.5 Å². The van der Waals surface area contributed by atoms with Crippen LogP contribution in [0.4, 0.5) is 4.79 Å². The summed E-state index contributed by atoms with van der Waals surface area (Å²) in [7, 11) is -3.58. The van der Waals surface area contributed by atoms with E-state index in [9.17, 15) is 13.2 Å². The minimum atomic E-state index is -3.58. The van der Waals surface area contributed by atoms with Crippen molar-refractivity contribution in [3.63, 3.8) is 0 Å². The van der Waals surface area contributed by atoms with Crippen molar-refractivity contribution in [2.24, 2.45) is 0 Å². The third kappa shape index (κ3) is 5.92. The largest absolute Gasteiger partial charge is 0.444 e. The summed E-state index contributed by atoms with van der Waals surface area (Å²) < 4.78 is 34.2. The highest BCUT2D eigenvalue weighted by Gasteiger charge is 2.40. The van der Waals surface area contributed by atoms with Crippen LogP contribution in [0.1, 0.15) is 39.3 Å². The van der Waals surface area contributed by atoms with Crippen LogP contribution in [0.2, 0.25) is 0 Å². The lowest BCUT2D eigenvalue weighted by atomic mass is 9.76. The highest BCUT2D eigenvalue weighted by Crippen LogP contribution is 2.36. The zero-order chi connectivity index (χ0) is 19.6. The van der Waals surface area contributed by atoms with E-state index in [1.165, 1.54) is 0 Å². The Morgan fingerprint density at radius 3 is 2.42 bits per heavy atom. The fourth-order valence-electron chi connectivity index (χ4n) is 2.84. The van der Waals surface area contributed by atoms with E-state index in [-0.39, 0.29) is 12.7 Å². The fraction of sp³-hybridized carbons (Fsp3) is 0.647. The van der Waals surface area contributed by atoms with Crippen molar-refractivity contribution in [2.45, 2.75) is 44.6 Å². The molecule has 0 spiro atoms. The molecule has 1 aliphatic rings. The average molecular weight is 449 g/mol. The van der Waals surface area contributed by atoms with Gasteiger partial charge in [-0.2, -0.15) is 8.42 Å². The molecular weight excluding hydrogens is 424 g/mol. The summed E-state index contributed by atoms with van der Waals surface area (Å²) in [6.45, 7) is 6.35. The monoisotopic (exact) mass is 448 g/mol. The number of hydrogen-bond acceptors (Lipinski definition) is 6. The Bertz CT molecular complexity index is 753. The van der Waals surface area contributed by atoms with Gasteiger partial charge in [-0.15, -0.1) is 0 Å². The summed E-state index contributed by atoms with van der Waals surface area (Å²) in [5, 5.41) is 0. The van der Waals surface area contributed by atoms with Crippen molar-refractivity contribution in [1.82, 2.24) is 9.88 Å². The molecule has 0 saturated carbocycles. The second-order valence-electron chi connectivity index (χ2n) is 7.56. The Hall–Kier alpha value is -1.19. The average Bonchev–Trinajstić information content (AvgIpc) is 2.51. The van der Waals surface area contributed by atoms with Gasteiger partial charge in [0.05, 0.1) is 18.6 Å². The number of nitrogens with zero attached hydrogens (tertiary/aromatic N) is 2. The van der Waals surface area contributed by atoms with E-state index >= 15 is 0 Å². The molecule has 7 nitrogen and oxygen atoms in total. The second-order valence-corrected chi connectivity index (χ2v) is 10.0. The number of piperidine rings is 1. The number of halogens is 1. The predicted molar refractivity (Wildman–Crippen MR) is 101 cm³/mol. The Labute approximate surface area is 163 Å². The maximum absolute atomic E-state index is 12.3. The minimum absolute atomic E-state index is 0.00253. The van der Waals surface area contributed by atoms with Crippen molar-refractivity contribution in [1.29, 1.82) is 0 Å². The molecule has 0 unspecified atom stereocenters. The molecule has 1 aliphatic heterocycles. The lowest BCUT2D eigenvalue weighted by molar-refractivity contribution is 0.0131. The Morgan fingerprint density at radius 1 is 1.31 bits per heavy atom. The summed E-state index contributed by atoms with van der Waals surface area (Å²) in [5.41, 5.74) is -0.387. The number of amides is 1. The zero-order valence-electron chi connectivity index (χ0n) is 15.5. The number of rotatable bonds is 4. The first-order valence-corrected chi connectivity index (χ1v) is 11.0. The molecule has 26 heavy (non-hydrogen) atoms. The van der Waals surface area contributed by atoms with Crippen LogP contribution in [0.5, 0.6) is 0 Å². The lowest BCUT2D eigenvalue weighted by Gasteiger charge is -2.41. The van der Waals surface area contributed by atoms with Crippen LogP contribution in [0, 0.1) is 0 Å². The standard InChI is InChI=1S/C17H25BrN2O5S/c1-16(2,3)25-15(21)20-10-8-17(9-11-20,12-24-26(4,22)23)13-6-5-7-14(18)19-13/h5-7H,8-12H2,1-4H3. The molecule has 0 aromatic carbocycles. The van der Waals surface area contributed by atoms with Gasteiger partial charge in [0.2, 0.25) is 0 Å². The lowest BCUT2D eigenvalue weighted by Crippen LogP contribution is -2.49. The molecule has 2 rings (SSSR count). The van der Waals surface area contributed by atoms with Gasteiger partial charge in [-0.25, -0.2) is 9.78 Å². The van der Waals surface area contributed by atoms with Crippen LogP contribution in [0.15, 0.2) is 22.8 Å². The van der Waals surface area contributed by atoms with Gasteiger partial charge >= 0.3 is 6.09 Å². The molecule has 0 bridgehead atoms. The van der Waals surface area contributed by atoms with Gasteiger partial charge < -0.3 is 9.64 Å². The number of pyridine rings is 1. The molecule has 1 fully saturated rings. The van der Waals surface area contributed by atoms with Crippen molar-refractivity contribution in [3.8, 4) is 0 Å². The summed E-state index contributed by atoms with van der Waals surface area (Å²) in [5.74, 6) is 0. The molecule has 9 heteroatoms. The maximum Gasteiger partial charge on any atom is 0.410 e. The smallest absolute Gasteiger partial charge is 0.410 e. The second kappa shape index (κ2) is 7.82. The van der Waals surface area contributed by atoms with Gasteiger partial charge in [-0.3, -0.25) is 4.18 Å². The molecule has 146 valence electrons. The van der Waals surface area contributed by atoms with E-state index in [2.05, 4.69) is 20.9 Å². The summed E-state index contributed by atoms with van der Waals surface area (Å²) in [6, 6.07) is 5.53. The highest BCUT2D eigenvalue weighted by atomic mass is 79.9. The first kappa shape index (κ1) is 21.1. The van der Waals surface area contributed by atoms with Crippen molar-refractivity contribution >= 4 is 32.1 Å². The van der Waals surface area contributed by atoms with Crippen LogP contribution in [-0.4, -0.2) is 55.9 Å². The van der Waals surface area contributed by atoms with Crippen LogP contribution in [0.25, 0.3) is 0 Å². The van der Waals surface area contributed by atoms with Crippen LogP contribution >= 0.6 is 15.9 Å². The molecule has 0 N–H and O–H groups in total. The highest BCUT2D eigenvalue weighted by molar-refractivity contribution is 9.10. The minimum Gasteiger partial charge on any atom is -0.444 e. The first-order valence-electron chi connectivity index (χ1n) is 8.36. The van der Waals surface area contributed by atoms with Crippen LogP contribution in [-0.2, 0) is 24.5 Å². The van der Waals surface area contributed by atoms with E-state index in [0.29, 0.717) is 30.5 Å². The molecule has 2 heterocycles. The molecule has 1 aromatic heterocycles. The molecule has 0 atom stereocenters. The van der Waals surface area contributed by atoms with Gasteiger partial charge in [0.25, 0.3) is 10.1 Å². The van der Waals surface area contributed by atoms with E-state index < -0.39 is 21.1 Å². The van der Waals surface area contributed by atoms with Gasteiger partial charge in [0, 0.05) is 18.5 Å². The van der Waals surface area contributed by atoms with E-state index in [1.807, 2.05) is 39.0 Å². The number of ether oxygens (including phenoxy) is 1. The summed E-state index contributed by atoms with van der Waals surface area (Å²) in [4.78, 5) is 18.4. The van der Waals surface area contributed by atoms with Crippen molar-refractivity contribution in [2.75, 3.05) is 26.0 Å². The topological polar surface area (TPSA) is 85.8 Å². The third-order valence-corrected chi connectivity index (χ3v) is 5.17. The summed E-state index contributed by atoms with van der Waals surface area (Å²) >= 11 is 3.36. The number of likely N-dealkylation sites (tertiary alicyclic amines) is 1. The fourth-order valence-corrected chi connectivity index (χ4v) is 3.63. The molecule has 1 amide bonds. The number of carbonyl (C=O) groups excluding carboxylic acids is 1. The van der Waals surface area contributed by atoms with Crippen LogP contribution in [0.3, 0.4) is 0 Å². The van der Waals surface area contributed by atoms with Crippen molar-refractivity contribution < 1.29 is 22.1 Å². The third-order valence-electron chi connectivity index (χ3n) is 4.18. The molecule has 1 saturated heterocycles. The quantitative estimate of drug-likeness (QED) is 0.519. The van der Waals surface area contributed by atoms with Gasteiger partial charge in [0.15, 0.2) is 0 Å². The van der Waals surface area contributed by atoms with E-state index in [0.717, 1.165) is 11.9 Å². The maximum atomic E-state index is 12.3. The van der Waals surface area contributed by atoms with Gasteiger partial charge in [-0.1, -0.05) is 6.07 Å². The Balaban J connectivity index is 2.19. The molecule has 0 aliphatic carbocycles. The number of carbonyl (C=O) groups is 1. The van der Waals surface area contributed by atoms with Gasteiger partial charge in [0.1, 0.15) is 10.2 Å². The Morgan fingerprint density at radius 2 is 1.92 bits per heavy atom. The molecular formula is C17H25BrN2O5S. The zero-order valence-corrected chi connectivity index (χ0v) is 17.9. The van der Waals surface area contributed by atoms with E-state index in [4.69, 9.17) is 8.92 Å². The predicted octanol–water partition coefficient (Wildman–Crippen LogP) is 3.09. The first-order chi connectivity index (χ1) is 11.9. The number of aromatic nitrogens is 1. The molecule has 0 radical (unpaired) electrons. The van der Waals surface area contributed by atoms with E-state index in [1.54, 1.807) is 4.90 Å². The molecule has 1 aromatic rings. The Kier molecular flexibility index (Phi) is 6.35. The number of hydrogen-bond donors (Lipinski definition) is 0. The SMILES string of the molecule is CC(C)(C)OC(=O)N1CCC(COS(C)(=O)=O)(c2cccc(Br)n2)CC1. The van der Waals surface area contributed by atoms with Crippen LogP contribution < -0.4 is 0 Å². The van der Waals surface area contributed by atoms with Gasteiger partial charge in [-0.05, 0) is 61.7 Å². The summed E-state index contributed by atoms with van der Waals surface area (Å²) in [6.07, 6.45) is 1.73.